The van der Waals surface area contributed by atoms with Gasteiger partial charge in [0.15, 0.2) is 5.96 Å². The number of nitrogens with zero attached hydrogens (tertiary/aromatic N) is 2. The summed E-state index contributed by atoms with van der Waals surface area (Å²) in [4.78, 5) is 6.93. The van der Waals surface area contributed by atoms with Crippen molar-refractivity contribution < 1.29 is 8.78 Å². The molecule has 4 nitrogen and oxygen atoms in total. The van der Waals surface area contributed by atoms with Crippen LogP contribution in [0.4, 0.5) is 8.78 Å². The van der Waals surface area contributed by atoms with E-state index < -0.39 is 11.6 Å². The quantitative estimate of drug-likeness (QED) is 0.463. The second kappa shape index (κ2) is 12.6. The van der Waals surface area contributed by atoms with E-state index in [0.29, 0.717) is 24.6 Å². The van der Waals surface area contributed by atoms with Crippen molar-refractivity contribution in [3.8, 4) is 0 Å². The monoisotopic (exact) mass is 368 g/mol. The highest BCUT2D eigenvalue weighted by Gasteiger charge is 2.07. The molecule has 0 saturated heterocycles. The standard InChI is InChI=1S/C20H34F2N4/c1-5-23-20(25-16(4)9-8-14-26(6-2)7-3)24-13-12-17-10-11-18(21)15-19(17)22/h10-11,15-16H,5-9,12-14H2,1-4H3,(H2,23,24,25). The first-order valence-electron chi connectivity index (χ1n) is 9.71. The van der Waals surface area contributed by atoms with Gasteiger partial charge in [0, 0.05) is 25.2 Å². The maximum absolute atomic E-state index is 13.7. The molecular weight excluding hydrogens is 334 g/mol. The molecule has 0 heterocycles. The minimum atomic E-state index is -0.553. The van der Waals surface area contributed by atoms with Crippen LogP contribution in [-0.4, -0.2) is 49.6 Å². The number of hydrogen-bond donors (Lipinski definition) is 2. The number of hydrogen-bond acceptors (Lipinski definition) is 2. The van der Waals surface area contributed by atoms with Crippen molar-refractivity contribution in [1.29, 1.82) is 0 Å². The normalized spacial score (nSPS) is 13.1. The summed E-state index contributed by atoms with van der Waals surface area (Å²) in [5.41, 5.74) is 0.485. The molecule has 1 aromatic carbocycles. The lowest BCUT2D eigenvalue weighted by atomic mass is 10.1. The van der Waals surface area contributed by atoms with Gasteiger partial charge in [-0.25, -0.2) is 8.78 Å². The molecule has 1 atom stereocenters. The van der Waals surface area contributed by atoms with Crippen molar-refractivity contribution >= 4 is 5.96 Å². The lowest BCUT2D eigenvalue weighted by Crippen LogP contribution is -2.42. The molecule has 0 aliphatic heterocycles. The second-order valence-corrected chi connectivity index (χ2v) is 6.46. The van der Waals surface area contributed by atoms with Gasteiger partial charge >= 0.3 is 0 Å². The summed E-state index contributed by atoms with van der Waals surface area (Å²) in [5.74, 6) is -0.323. The van der Waals surface area contributed by atoms with E-state index in [1.54, 1.807) is 0 Å². The van der Waals surface area contributed by atoms with E-state index in [1.165, 1.54) is 12.1 Å². The van der Waals surface area contributed by atoms with Gasteiger partial charge in [0.25, 0.3) is 0 Å². The highest BCUT2D eigenvalue weighted by atomic mass is 19.1. The third-order valence-electron chi connectivity index (χ3n) is 4.40. The van der Waals surface area contributed by atoms with Crippen LogP contribution in [-0.2, 0) is 6.42 Å². The molecule has 6 heteroatoms. The van der Waals surface area contributed by atoms with Crippen LogP contribution in [0, 0.1) is 11.6 Å². The Kier molecular flexibility index (Phi) is 10.9. The summed E-state index contributed by atoms with van der Waals surface area (Å²) in [6, 6.07) is 3.99. The van der Waals surface area contributed by atoms with E-state index in [0.717, 1.165) is 51.0 Å². The molecular formula is C20H34F2N4. The molecule has 0 aromatic heterocycles. The minimum Gasteiger partial charge on any atom is -0.357 e. The van der Waals surface area contributed by atoms with Crippen molar-refractivity contribution in [3.63, 3.8) is 0 Å². The Bertz CT molecular complexity index is 545. The molecule has 1 aromatic rings. The first-order chi connectivity index (χ1) is 12.5. The summed E-state index contributed by atoms with van der Waals surface area (Å²) in [5, 5.41) is 6.62. The zero-order chi connectivity index (χ0) is 19.4. The molecule has 2 N–H and O–H groups in total. The van der Waals surface area contributed by atoms with E-state index in [-0.39, 0.29) is 0 Å². The molecule has 0 fully saturated rings. The topological polar surface area (TPSA) is 39.7 Å². The third-order valence-corrected chi connectivity index (χ3v) is 4.40. The predicted molar refractivity (Wildman–Crippen MR) is 106 cm³/mol. The lowest BCUT2D eigenvalue weighted by Gasteiger charge is -2.21. The third kappa shape index (κ3) is 8.61. The van der Waals surface area contributed by atoms with Crippen LogP contribution >= 0.6 is 0 Å². The van der Waals surface area contributed by atoms with Crippen LogP contribution in [0.25, 0.3) is 0 Å². The van der Waals surface area contributed by atoms with Crippen LogP contribution in [0.5, 0.6) is 0 Å². The lowest BCUT2D eigenvalue weighted by molar-refractivity contribution is 0.292. The summed E-state index contributed by atoms with van der Waals surface area (Å²) < 4.78 is 26.6. The van der Waals surface area contributed by atoms with Gasteiger partial charge < -0.3 is 15.5 Å². The van der Waals surface area contributed by atoms with Gasteiger partial charge in [-0.1, -0.05) is 19.9 Å². The maximum atomic E-state index is 13.7. The molecule has 0 bridgehead atoms. The van der Waals surface area contributed by atoms with Crippen molar-refractivity contribution in [2.24, 2.45) is 4.99 Å². The van der Waals surface area contributed by atoms with Crippen LogP contribution < -0.4 is 10.6 Å². The minimum absolute atomic E-state index is 0.311. The SMILES string of the molecule is CCNC(=NCCc1ccc(F)cc1F)NC(C)CCCN(CC)CC. The number of halogens is 2. The fourth-order valence-corrected chi connectivity index (χ4v) is 2.80. The van der Waals surface area contributed by atoms with E-state index >= 15 is 0 Å². The molecule has 1 rings (SSSR count). The second-order valence-electron chi connectivity index (χ2n) is 6.46. The zero-order valence-electron chi connectivity index (χ0n) is 16.6. The van der Waals surface area contributed by atoms with Crippen LogP contribution in [0.15, 0.2) is 23.2 Å². The molecule has 0 spiro atoms. The van der Waals surface area contributed by atoms with Gasteiger partial charge in [-0.15, -0.1) is 0 Å². The van der Waals surface area contributed by atoms with Crippen LogP contribution in [0.2, 0.25) is 0 Å². The number of benzene rings is 1. The fourth-order valence-electron chi connectivity index (χ4n) is 2.80. The fraction of sp³-hybridized carbons (Fsp3) is 0.650. The molecule has 0 aliphatic rings. The van der Waals surface area contributed by atoms with Crippen molar-refractivity contribution in [3.05, 3.63) is 35.4 Å². The van der Waals surface area contributed by atoms with Gasteiger partial charge in [0.2, 0.25) is 0 Å². The largest absolute Gasteiger partial charge is 0.357 e. The van der Waals surface area contributed by atoms with E-state index in [9.17, 15) is 8.78 Å². The van der Waals surface area contributed by atoms with Gasteiger partial charge in [-0.2, -0.15) is 0 Å². The van der Waals surface area contributed by atoms with Crippen molar-refractivity contribution in [2.75, 3.05) is 32.7 Å². The first kappa shape index (κ1) is 22.4. The van der Waals surface area contributed by atoms with Gasteiger partial charge in [0.05, 0.1) is 0 Å². The maximum Gasteiger partial charge on any atom is 0.191 e. The number of rotatable bonds is 11. The highest BCUT2D eigenvalue weighted by Crippen LogP contribution is 2.10. The molecule has 0 radical (unpaired) electrons. The number of guanidine groups is 1. The average Bonchev–Trinajstić information content (AvgIpc) is 2.60. The Balaban J connectivity index is 2.46. The van der Waals surface area contributed by atoms with E-state index in [2.05, 4.69) is 41.3 Å². The number of aliphatic imine (C=N–C) groups is 1. The Labute approximate surface area is 157 Å². The molecule has 148 valence electrons. The van der Waals surface area contributed by atoms with E-state index in [1.807, 2.05) is 6.92 Å². The summed E-state index contributed by atoms with van der Waals surface area (Å²) in [6.07, 6.45) is 2.64. The molecule has 1 unspecified atom stereocenters. The smallest absolute Gasteiger partial charge is 0.191 e. The zero-order valence-corrected chi connectivity index (χ0v) is 16.6. The van der Waals surface area contributed by atoms with Gasteiger partial charge in [0.1, 0.15) is 11.6 Å². The predicted octanol–water partition coefficient (Wildman–Crippen LogP) is 3.57. The summed E-state index contributed by atoms with van der Waals surface area (Å²) in [6.45, 7) is 13.0. The van der Waals surface area contributed by atoms with Crippen LogP contribution in [0.1, 0.15) is 46.1 Å². The Morgan fingerprint density at radius 1 is 1.19 bits per heavy atom. The molecule has 0 saturated carbocycles. The average molecular weight is 369 g/mol. The Morgan fingerprint density at radius 3 is 2.54 bits per heavy atom. The Morgan fingerprint density at radius 2 is 1.92 bits per heavy atom. The van der Waals surface area contributed by atoms with Crippen LogP contribution in [0.3, 0.4) is 0 Å². The van der Waals surface area contributed by atoms with Gasteiger partial charge in [-0.3, -0.25) is 4.99 Å². The molecule has 0 amide bonds. The molecule has 26 heavy (non-hydrogen) atoms. The molecule has 0 aliphatic carbocycles. The summed E-state index contributed by atoms with van der Waals surface area (Å²) in [7, 11) is 0. The van der Waals surface area contributed by atoms with Crippen molar-refractivity contribution in [2.45, 2.75) is 53.0 Å². The van der Waals surface area contributed by atoms with Crippen molar-refractivity contribution in [1.82, 2.24) is 15.5 Å². The van der Waals surface area contributed by atoms with Gasteiger partial charge in [-0.05, 0) is 64.4 Å². The first-order valence-corrected chi connectivity index (χ1v) is 9.71. The van der Waals surface area contributed by atoms with E-state index in [4.69, 9.17) is 0 Å². The highest BCUT2D eigenvalue weighted by molar-refractivity contribution is 5.80. The Hall–Kier alpha value is -1.69. The summed E-state index contributed by atoms with van der Waals surface area (Å²) >= 11 is 0. The number of nitrogens with one attached hydrogen (secondary N) is 2.